The molecule has 4 saturated carbocycles. The van der Waals surface area contributed by atoms with Gasteiger partial charge in [0.25, 0.3) is 0 Å². The van der Waals surface area contributed by atoms with E-state index in [-0.39, 0.29) is 0 Å². The van der Waals surface area contributed by atoms with Gasteiger partial charge in [0.05, 0.1) is 0 Å². The van der Waals surface area contributed by atoms with Gasteiger partial charge in [0.1, 0.15) is 5.78 Å². The van der Waals surface area contributed by atoms with E-state index in [9.17, 15) is 4.79 Å². The number of allylic oxidation sites excluding steroid dienone is 2. The van der Waals surface area contributed by atoms with Crippen molar-refractivity contribution >= 4 is 5.78 Å². The second-order valence-electron chi connectivity index (χ2n) is 9.21. The molecule has 0 heterocycles. The van der Waals surface area contributed by atoms with Crippen molar-refractivity contribution in [3.8, 4) is 0 Å². The molecule has 6 atom stereocenters. The van der Waals surface area contributed by atoms with Crippen LogP contribution in [0.2, 0.25) is 0 Å². The molecular formula is C23H38O. The van der Waals surface area contributed by atoms with E-state index in [2.05, 4.69) is 26.8 Å². The van der Waals surface area contributed by atoms with Gasteiger partial charge in [-0.05, 0) is 86.4 Å². The zero-order valence-corrected chi connectivity index (χ0v) is 16.7. The van der Waals surface area contributed by atoms with Crippen LogP contribution in [-0.4, -0.2) is 5.78 Å². The summed E-state index contributed by atoms with van der Waals surface area (Å²) in [6.07, 6.45) is 13.7. The van der Waals surface area contributed by atoms with E-state index >= 15 is 0 Å². The zero-order chi connectivity index (χ0) is 17.5. The van der Waals surface area contributed by atoms with Gasteiger partial charge in [-0.2, -0.15) is 0 Å². The molecule has 0 radical (unpaired) electrons. The molecule has 0 aliphatic heterocycles. The van der Waals surface area contributed by atoms with Crippen molar-refractivity contribution in [1.29, 1.82) is 0 Å². The maximum absolute atomic E-state index is 11.9. The smallest absolute Gasteiger partial charge is 0.133 e. The van der Waals surface area contributed by atoms with Crippen LogP contribution < -0.4 is 0 Å². The molecule has 4 fully saturated rings. The number of hydrogen-bond acceptors (Lipinski definition) is 1. The summed E-state index contributed by atoms with van der Waals surface area (Å²) in [5.74, 6) is 3.99. The molecule has 0 amide bonds. The third kappa shape index (κ3) is 2.53. The maximum Gasteiger partial charge on any atom is 0.133 e. The second kappa shape index (κ2) is 6.61. The number of fused-ring (bicyclic) bond motifs is 5. The fraction of sp³-hybridized carbons (Fsp3) is 0.870. The van der Waals surface area contributed by atoms with E-state index in [0.717, 1.165) is 30.6 Å². The van der Waals surface area contributed by atoms with Crippen LogP contribution in [0.1, 0.15) is 92.4 Å². The molecule has 4 rings (SSSR count). The Kier molecular flexibility index (Phi) is 5.02. The quantitative estimate of drug-likeness (QED) is 0.459. The highest BCUT2D eigenvalue weighted by molar-refractivity contribution is 5.79. The monoisotopic (exact) mass is 330 g/mol. The molecule has 4 aliphatic carbocycles. The van der Waals surface area contributed by atoms with Gasteiger partial charge in [-0.1, -0.05) is 39.3 Å². The molecule has 1 nitrogen and oxygen atoms in total. The first-order valence-electron chi connectivity index (χ1n) is 10.7. The summed E-state index contributed by atoms with van der Waals surface area (Å²) in [6, 6.07) is 0. The topological polar surface area (TPSA) is 17.1 Å². The van der Waals surface area contributed by atoms with Crippen molar-refractivity contribution in [2.45, 2.75) is 92.4 Å². The summed E-state index contributed by atoms with van der Waals surface area (Å²) < 4.78 is 0. The van der Waals surface area contributed by atoms with E-state index in [1.165, 1.54) is 44.9 Å². The summed E-state index contributed by atoms with van der Waals surface area (Å²) >= 11 is 0. The van der Waals surface area contributed by atoms with Gasteiger partial charge in [-0.3, -0.25) is 4.79 Å². The Balaban J connectivity index is 0.000000815. The molecule has 1 heteroatoms. The van der Waals surface area contributed by atoms with E-state index < -0.39 is 0 Å². The van der Waals surface area contributed by atoms with Crippen LogP contribution in [0.5, 0.6) is 0 Å². The minimum Gasteiger partial charge on any atom is -0.300 e. The molecule has 0 saturated heterocycles. The first-order valence-corrected chi connectivity index (χ1v) is 10.7. The highest BCUT2D eigenvalue weighted by Gasteiger charge is 2.58. The standard InChI is InChI=1S/C21H32O.C2H6/c1-4-14-6-8-18-17-7-5-15-13-16(22)9-11-21(15,3)19(17)10-12-20(14,18)2;1-2/h4,15,17-19H,5-13H2,1-3H3;1-2H3/b14-4-;. The van der Waals surface area contributed by atoms with Crippen LogP contribution in [0.3, 0.4) is 0 Å². The summed E-state index contributed by atoms with van der Waals surface area (Å²) in [5.41, 5.74) is 2.72. The van der Waals surface area contributed by atoms with Crippen LogP contribution in [0.4, 0.5) is 0 Å². The fourth-order valence-corrected chi connectivity index (χ4v) is 7.37. The van der Waals surface area contributed by atoms with Gasteiger partial charge < -0.3 is 0 Å². The van der Waals surface area contributed by atoms with E-state index in [4.69, 9.17) is 0 Å². The minimum atomic E-state index is 0.469. The molecule has 4 aliphatic rings. The van der Waals surface area contributed by atoms with Gasteiger partial charge in [0, 0.05) is 12.8 Å². The molecule has 0 aromatic carbocycles. The van der Waals surface area contributed by atoms with Crippen LogP contribution >= 0.6 is 0 Å². The Morgan fingerprint density at radius 2 is 1.71 bits per heavy atom. The number of carbonyl (C=O) groups is 1. The van der Waals surface area contributed by atoms with Crippen molar-refractivity contribution < 1.29 is 4.79 Å². The lowest BCUT2D eigenvalue weighted by Gasteiger charge is -2.59. The van der Waals surface area contributed by atoms with Crippen molar-refractivity contribution in [1.82, 2.24) is 0 Å². The van der Waals surface area contributed by atoms with Crippen LogP contribution in [0, 0.1) is 34.5 Å². The van der Waals surface area contributed by atoms with Crippen LogP contribution in [0.25, 0.3) is 0 Å². The van der Waals surface area contributed by atoms with Gasteiger partial charge in [0.2, 0.25) is 0 Å². The number of Topliss-reactive ketones (excluding diaryl/α,β-unsaturated/α-hetero) is 1. The van der Waals surface area contributed by atoms with Gasteiger partial charge in [-0.25, -0.2) is 0 Å². The Morgan fingerprint density at radius 3 is 2.42 bits per heavy atom. The van der Waals surface area contributed by atoms with E-state index in [1.54, 1.807) is 5.57 Å². The lowest BCUT2D eigenvalue weighted by molar-refractivity contribution is -0.136. The Labute approximate surface area is 149 Å². The molecule has 0 spiro atoms. The third-order valence-corrected chi connectivity index (χ3v) is 8.68. The van der Waals surface area contributed by atoms with Gasteiger partial charge in [-0.15, -0.1) is 0 Å². The summed E-state index contributed by atoms with van der Waals surface area (Å²) in [7, 11) is 0. The van der Waals surface area contributed by atoms with E-state index in [0.29, 0.717) is 22.5 Å². The molecule has 0 bridgehead atoms. The summed E-state index contributed by atoms with van der Waals surface area (Å²) in [4.78, 5) is 11.9. The predicted molar refractivity (Wildman–Crippen MR) is 102 cm³/mol. The summed E-state index contributed by atoms with van der Waals surface area (Å²) in [6.45, 7) is 11.4. The lowest BCUT2D eigenvalue weighted by atomic mass is 9.45. The van der Waals surface area contributed by atoms with Crippen molar-refractivity contribution in [2.75, 3.05) is 0 Å². The highest BCUT2D eigenvalue weighted by atomic mass is 16.1. The average molecular weight is 331 g/mol. The SMILES string of the molecule is C/C=C1/CCC2C3CCC4CC(=O)CCC4(C)C3CCC12C.CC. The number of hydrogen-bond donors (Lipinski definition) is 0. The van der Waals surface area contributed by atoms with Gasteiger partial charge in [0.15, 0.2) is 0 Å². The zero-order valence-electron chi connectivity index (χ0n) is 16.7. The number of rotatable bonds is 0. The molecular weight excluding hydrogens is 292 g/mol. The Bertz CT molecular complexity index is 518. The first kappa shape index (κ1) is 18.2. The van der Waals surface area contributed by atoms with Crippen molar-refractivity contribution in [3.05, 3.63) is 11.6 Å². The third-order valence-electron chi connectivity index (χ3n) is 8.68. The summed E-state index contributed by atoms with van der Waals surface area (Å²) in [5, 5.41) is 0. The van der Waals surface area contributed by atoms with Crippen LogP contribution in [0.15, 0.2) is 11.6 Å². The minimum absolute atomic E-state index is 0.469. The number of ketones is 1. The normalized spacial score (nSPS) is 48.9. The average Bonchev–Trinajstić information content (AvgIpc) is 2.93. The van der Waals surface area contributed by atoms with Crippen LogP contribution in [-0.2, 0) is 4.79 Å². The molecule has 136 valence electrons. The molecule has 0 N–H and O–H groups in total. The van der Waals surface area contributed by atoms with Gasteiger partial charge >= 0.3 is 0 Å². The first-order chi connectivity index (χ1) is 11.5. The van der Waals surface area contributed by atoms with Crippen molar-refractivity contribution in [2.24, 2.45) is 34.5 Å². The van der Waals surface area contributed by atoms with E-state index in [1.807, 2.05) is 13.8 Å². The molecule has 0 aromatic rings. The predicted octanol–water partition coefficient (Wildman–Crippen LogP) is 6.57. The largest absolute Gasteiger partial charge is 0.300 e. The maximum atomic E-state index is 11.9. The Morgan fingerprint density at radius 1 is 0.958 bits per heavy atom. The molecule has 24 heavy (non-hydrogen) atoms. The highest BCUT2D eigenvalue weighted by Crippen LogP contribution is 2.67. The number of carbonyl (C=O) groups excluding carboxylic acids is 1. The Hall–Kier alpha value is -0.590. The molecule has 0 aromatic heterocycles. The molecule has 6 unspecified atom stereocenters. The second-order valence-corrected chi connectivity index (χ2v) is 9.21. The van der Waals surface area contributed by atoms with Crippen molar-refractivity contribution in [3.63, 3.8) is 0 Å². The fourth-order valence-electron chi connectivity index (χ4n) is 7.37. The lowest BCUT2D eigenvalue weighted by Crippen LogP contribution is -2.52.